The van der Waals surface area contributed by atoms with Gasteiger partial charge in [-0.15, -0.1) is 0 Å². The molecule has 0 N–H and O–H groups in total. The van der Waals surface area contributed by atoms with Crippen molar-refractivity contribution < 1.29 is 9.53 Å². The summed E-state index contributed by atoms with van der Waals surface area (Å²) < 4.78 is 4.76. The van der Waals surface area contributed by atoms with E-state index in [9.17, 15) is 4.79 Å². The second kappa shape index (κ2) is 5.09. The maximum atomic E-state index is 11.5. The molecule has 18 heavy (non-hydrogen) atoms. The molecule has 1 aliphatic heterocycles. The first kappa shape index (κ1) is 12.4. The van der Waals surface area contributed by atoms with Gasteiger partial charge in [0.05, 0.1) is 24.3 Å². The SMILES string of the molecule is COC(=O)C1CCN(c2ccc(C)cc2C#N)C1. The van der Waals surface area contributed by atoms with Gasteiger partial charge in [-0.1, -0.05) is 6.07 Å². The number of benzene rings is 1. The van der Waals surface area contributed by atoms with Crippen LogP contribution in [0.15, 0.2) is 18.2 Å². The number of hydrogen-bond donors (Lipinski definition) is 0. The Morgan fingerprint density at radius 2 is 2.33 bits per heavy atom. The molecule has 1 aromatic carbocycles. The number of esters is 1. The van der Waals surface area contributed by atoms with Crippen molar-refractivity contribution in [1.82, 2.24) is 0 Å². The molecule has 4 nitrogen and oxygen atoms in total. The number of carbonyl (C=O) groups excluding carboxylic acids is 1. The van der Waals surface area contributed by atoms with Gasteiger partial charge in [0, 0.05) is 13.1 Å². The molecule has 2 rings (SSSR count). The molecule has 0 radical (unpaired) electrons. The van der Waals surface area contributed by atoms with Gasteiger partial charge in [0.1, 0.15) is 6.07 Å². The zero-order valence-corrected chi connectivity index (χ0v) is 10.6. The predicted octanol–water partition coefficient (Wildman–Crippen LogP) is 1.87. The third-order valence-corrected chi connectivity index (χ3v) is 3.34. The van der Waals surface area contributed by atoms with Crippen LogP contribution in [0.25, 0.3) is 0 Å². The molecule has 0 spiro atoms. The number of carbonyl (C=O) groups is 1. The smallest absolute Gasteiger partial charge is 0.310 e. The topological polar surface area (TPSA) is 53.3 Å². The molecule has 1 fully saturated rings. The van der Waals surface area contributed by atoms with E-state index in [0.29, 0.717) is 12.1 Å². The number of aryl methyl sites for hydroxylation is 1. The Kier molecular flexibility index (Phi) is 3.52. The van der Waals surface area contributed by atoms with Crippen molar-refractivity contribution in [1.29, 1.82) is 5.26 Å². The van der Waals surface area contributed by atoms with E-state index in [2.05, 4.69) is 11.0 Å². The fourth-order valence-corrected chi connectivity index (χ4v) is 2.35. The molecule has 1 heterocycles. The fraction of sp³-hybridized carbons (Fsp3) is 0.429. The Labute approximate surface area is 107 Å². The lowest BCUT2D eigenvalue weighted by molar-refractivity contribution is -0.144. The van der Waals surface area contributed by atoms with Gasteiger partial charge in [-0.05, 0) is 31.0 Å². The van der Waals surface area contributed by atoms with Crippen LogP contribution in [0.4, 0.5) is 5.69 Å². The molecule has 1 aliphatic rings. The summed E-state index contributed by atoms with van der Waals surface area (Å²) >= 11 is 0. The molecule has 1 aromatic rings. The van der Waals surface area contributed by atoms with Crippen LogP contribution in [0.1, 0.15) is 17.5 Å². The molecule has 1 atom stereocenters. The average Bonchev–Trinajstić information content (AvgIpc) is 2.87. The minimum Gasteiger partial charge on any atom is -0.469 e. The van der Waals surface area contributed by atoms with Crippen molar-refractivity contribution in [3.05, 3.63) is 29.3 Å². The minimum absolute atomic E-state index is 0.0807. The van der Waals surface area contributed by atoms with Crippen LogP contribution in [0.5, 0.6) is 0 Å². The summed E-state index contributed by atoms with van der Waals surface area (Å²) in [6, 6.07) is 8.03. The Morgan fingerprint density at radius 1 is 1.56 bits per heavy atom. The first-order valence-corrected chi connectivity index (χ1v) is 5.99. The molecule has 0 aromatic heterocycles. The summed E-state index contributed by atoms with van der Waals surface area (Å²) in [7, 11) is 1.41. The quantitative estimate of drug-likeness (QED) is 0.745. The molecular weight excluding hydrogens is 228 g/mol. The normalized spacial score (nSPS) is 18.5. The number of ether oxygens (including phenoxy) is 1. The molecular formula is C14H16N2O2. The standard InChI is InChI=1S/C14H16N2O2/c1-10-3-4-13(12(7-10)8-15)16-6-5-11(9-16)14(17)18-2/h3-4,7,11H,5-6,9H2,1-2H3. The van der Waals surface area contributed by atoms with Gasteiger partial charge < -0.3 is 9.64 Å². The molecule has 1 saturated heterocycles. The van der Waals surface area contributed by atoms with Crippen LogP contribution >= 0.6 is 0 Å². The summed E-state index contributed by atoms with van der Waals surface area (Å²) in [5.41, 5.74) is 2.65. The summed E-state index contributed by atoms with van der Waals surface area (Å²) in [5.74, 6) is -0.244. The zero-order chi connectivity index (χ0) is 13.1. The van der Waals surface area contributed by atoms with Crippen LogP contribution in [-0.4, -0.2) is 26.2 Å². The Balaban J connectivity index is 2.20. The number of anilines is 1. The first-order chi connectivity index (χ1) is 8.65. The number of nitriles is 1. The summed E-state index contributed by atoms with van der Waals surface area (Å²) in [6.07, 6.45) is 0.783. The largest absolute Gasteiger partial charge is 0.469 e. The maximum absolute atomic E-state index is 11.5. The number of nitrogens with zero attached hydrogens (tertiary/aromatic N) is 2. The van der Waals surface area contributed by atoms with Crippen LogP contribution in [0.3, 0.4) is 0 Å². The number of rotatable bonds is 2. The van der Waals surface area contributed by atoms with Crippen molar-refractivity contribution in [2.45, 2.75) is 13.3 Å². The van der Waals surface area contributed by atoms with Crippen LogP contribution < -0.4 is 4.90 Å². The van der Waals surface area contributed by atoms with Crippen molar-refractivity contribution in [3.63, 3.8) is 0 Å². The van der Waals surface area contributed by atoms with Crippen molar-refractivity contribution >= 4 is 11.7 Å². The van der Waals surface area contributed by atoms with Crippen LogP contribution in [0, 0.1) is 24.2 Å². The van der Waals surface area contributed by atoms with Gasteiger partial charge in [-0.3, -0.25) is 4.79 Å². The number of hydrogen-bond acceptors (Lipinski definition) is 4. The minimum atomic E-state index is -0.164. The van der Waals surface area contributed by atoms with Crippen molar-refractivity contribution in [2.75, 3.05) is 25.1 Å². The second-order valence-corrected chi connectivity index (χ2v) is 4.59. The maximum Gasteiger partial charge on any atom is 0.310 e. The van der Waals surface area contributed by atoms with E-state index in [4.69, 9.17) is 10.00 Å². The van der Waals surface area contributed by atoms with Crippen LogP contribution in [0.2, 0.25) is 0 Å². The van der Waals surface area contributed by atoms with E-state index in [0.717, 1.165) is 24.2 Å². The molecule has 0 saturated carbocycles. The summed E-state index contributed by atoms with van der Waals surface area (Å²) in [4.78, 5) is 13.6. The van der Waals surface area contributed by atoms with Gasteiger partial charge in [0.2, 0.25) is 0 Å². The highest BCUT2D eigenvalue weighted by atomic mass is 16.5. The van der Waals surface area contributed by atoms with E-state index >= 15 is 0 Å². The third-order valence-electron chi connectivity index (χ3n) is 3.34. The molecule has 0 bridgehead atoms. The molecule has 0 amide bonds. The lowest BCUT2D eigenvalue weighted by Gasteiger charge is -2.19. The molecule has 94 valence electrons. The predicted molar refractivity (Wildman–Crippen MR) is 68.2 cm³/mol. The van der Waals surface area contributed by atoms with Gasteiger partial charge >= 0.3 is 5.97 Å². The lowest BCUT2D eigenvalue weighted by atomic mass is 10.1. The highest BCUT2D eigenvalue weighted by Crippen LogP contribution is 2.27. The van der Waals surface area contributed by atoms with E-state index in [1.807, 2.05) is 25.1 Å². The Morgan fingerprint density at radius 3 is 3.00 bits per heavy atom. The highest BCUT2D eigenvalue weighted by molar-refractivity contribution is 5.74. The van der Waals surface area contributed by atoms with Crippen molar-refractivity contribution in [3.8, 4) is 6.07 Å². The lowest BCUT2D eigenvalue weighted by Crippen LogP contribution is -2.24. The summed E-state index contributed by atoms with van der Waals surface area (Å²) in [6.45, 7) is 3.38. The van der Waals surface area contributed by atoms with E-state index in [-0.39, 0.29) is 11.9 Å². The zero-order valence-electron chi connectivity index (χ0n) is 10.6. The van der Waals surface area contributed by atoms with Crippen molar-refractivity contribution in [2.24, 2.45) is 5.92 Å². The van der Waals surface area contributed by atoms with E-state index in [1.165, 1.54) is 7.11 Å². The molecule has 0 aliphatic carbocycles. The van der Waals surface area contributed by atoms with Gasteiger partial charge in [0.25, 0.3) is 0 Å². The van der Waals surface area contributed by atoms with Gasteiger partial charge in [0.15, 0.2) is 0 Å². The number of methoxy groups -OCH3 is 1. The molecule has 4 heteroatoms. The monoisotopic (exact) mass is 244 g/mol. The van der Waals surface area contributed by atoms with Gasteiger partial charge in [-0.25, -0.2) is 0 Å². The first-order valence-electron chi connectivity index (χ1n) is 5.99. The Hall–Kier alpha value is -2.02. The average molecular weight is 244 g/mol. The fourth-order valence-electron chi connectivity index (χ4n) is 2.35. The molecule has 1 unspecified atom stereocenters. The van der Waals surface area contributed by atoms with Crippen LogP contribution in [-0.2, 0) is 9.53 Å². The summed E-state index contributed by atoms with van der Waals surface area (Å²) in [5, 5.41) is 9.16. The second-order valence-electron chi connectivity index (χ2n) is 4.59. The van der Waals surface area contributed by atoms with Gasteiger partial charge in [-0.2, -0.15) is 5.26 Å². The third kappa shape index (κ3) is 2.30. The highest BCUT2D eigenvalue weighted by Gasteiger charge is 2.30. The Bertz CT molecular complexity index is 505. The van der Waals surface area contributed by atoms with E-state index < -0.39 is 0 Å². The van der Waals surface area contributed by atoms with E-state index in [1.54, 1.807) is 0 Å².